The Labute approximate surface area is 129 Å². The lowest BCUT2D eigenvalue weighted by Gasteiger charge is -2.04. The molecule has 0 radical (unpaired) electrons. The van der Waals surface area contributed by atoms with Crippen molar-refractivity contribution in [2.24, 2.45) is 0 Å². The third-order valence-corrected chi connectivity index (χ3v) is 5.42. The van der Waals surface area contributed by atoms with Gasteiger partial charge < -0.3 is 4.98 Å². The molecule has 4 aromatic rings. The standard InChI is InChI=1S/C15H10N4O3S/c20-11-7-18-19-10-6-16-15-14(13(10)11)12(8-17-15)23(21,22)9-4-2-1-3-5-9/h1-8H,(H,16,17)(H,19,20). The van der Waals surface area contributed by atoms with Gasteiger partial charge in [-0.1, -0.05) is 18.2 Å². The van der Waals surface area contributed by atoms with Gasteiger partial charge >= 0.3 is 0 Å². The molecule has 0 atom stereocenters. The summed E-state index contributed by atoms with van der Waals surface area (Å²) in [7, 11) is -3.77. The van der Waals surface area contributed by atoms with Crippen molar-refractivity contribution in [3.8, 4) is 0 Å². The van der Waals surface area contributed by atoms with E-state index in [-0.39, 0.29) is 26.0 Å². The first-order valence-electron chi connectivity index (χ1n) is 6.72. The van der Waals surface area contributed by atoms with Gasteiger partial charge in [0.25, 0.3) is 0 Å². The molecule has 0 saturated carbocycles. The topological polar surface area (TPSA) is 109 Å². The zero-order chi connectivity index (χ0) is 16.0. The average Bonchev–Trinajstić information content (AvgIpc) is 3.00. The molecule has 3 heterocycles. The molecule has 7 nitrogen and oxygen atoms in total. The van der Waals surface area contributed by atoms with Crippen molar-refractivity contribution >= 4 is 31.8 Å². The molecule has 0 amide bonds. The Balaban J connectivity index is 2.16. The fraction of sp³-hybridized carbons (Fsp3) is 0. The zero-order valence-electron chi connectivity index (χ0n) is 11.6. The van der Waals surface area contributed by atoms with Gasteiger partial charge in [0.1, 0.15) is 5.65 Å². The second-order valence-corrected chi connectivity index (χ2v) is 6.89. The predicted octanol–water partition coefficient (Wildman–Crippen LogP) is 1.63. The Kier molecular flexibility index (Phi) is 2.82. The number of pyridine rings is 1. The maximum absolute atomic E-state index is 12.9. The van der Waals surface area contributed by atoms with Gasteiger partial charge in [-0.3, -0.25) is 9.89 Å². The SMILES string of the molecule is O=c1cn[nH]c2cnc3[nH]cc(S(=O)(=O)c4ccccc4)c3c12. The van der Waals surface area contributed by atoms with E-state index in [0.29, 0.717) is 11.2 Å². The summed E-state index contributed by atoms with van der Waals surface area (Å²) in [6.07, 6.45) is 3.93. The molecule has 2 N–H and O–H groups in total. The Morgan fingerprint density at radius 3 is 2.57 bits per heavy atom. The first-order valence-corrected chi connectivity index (χ1v) is 8.21. The second kappa shape index (κ2) is 4.75. The van der Waals surface area contributed by atoms with Crippen molar-refractivity contribution in [3.05, 3.63) is 59.1 Å². The molecule has 3 aromatic heterocycles. The van der Waals surface area contributed by atoms with Crippen LogP contribution in [0.1, 0.15) is 0 Å². The van der Waals surface area contributed by atoms with Crippen LogP contribution in [0.25, 0.3) is 21.9 Å². The van der Waals surface area contributed by atoms with E-state index < -0.39 is 9.84 Å². The third kappa shape index (κ3) is 1.95. The van der Waals surface area contributed by atoms with Crippen molar-refractivity contribution in [2.75, 3.05) is 0 Å². The maximum atomic E-state index is 12.9. The van der Waals surface area contributed by atoms with Crippen LogP contribution in [0.5, 0.6) is 0 Å². The molecule has 23 heavy (non-hydrogen) atoms. The first kappa shape index (κ1) is 13.6. The maximum Gasteiger partial charge on any atom is 0.208 e. The number of nitrogens with zero attached hydrogens (tertiary/aromatic N) is 2. The van der Waals surface area contributed by atoms with Crippen LogP contribution in [0.15, 0.2) is 63.5 Å². The molecule has 0 unspecified atom stereocenters. The number of hydrogen-bond acceptors (Lipinski definition) is 5. The van der Waals surface area contributed by atoms with Crippen molar-refractivity contribution < 1.29 is 8.42 Å². The largest absolute Gasteiger partial charge is 0.345 e. The molecule has 1 aromatic carbocycles. The number of benzene rings is 1. The van der Waals surface area contributed by atoms with Crippen molar-refractivity contribution in [2.45, 2.75) is 9.79 Å². The highest BCUT2D eigenvalue weighted by atomic mass is 32.2. The minimum absolute atomic E-state index is 0.0218. The van der Waals surface area contributed by atoms with Crippen molar-refractivity contribution in [1.82, 2.24) is 20.2 Å². The van der Waals surface area contributed by atoms with Gasteiger partial charge in [-0.15, -0.1) is 0 Å². The van der Waals surface area contributed by atoms with E-state index in [2.05, 4.69) is 20.2 Å². The number of aromatic nitrogens is 4. The summed E-state index contributed by atoms with van der Waals surface area (Å²) in [5.41, 5.74) is 0.355. The highest BCUT2D eigenvalue weighted by molar-refractivity contribution is 7.91. The normalized spacial score (nSPS) is 12.0. The van der Waals surface area contributed by atoms with E-state index in [1.54, 1.807) is 18.2 Å². The van der Waals surface area contributed by atoms with E-state index in [1.807, 2.05) is 0 Å². The van der Waals surface area contributed by atoms with E-state index >= 15 is 0 Å². The number of rotatable bonds is 2. The lowest BCUT2D eigenvalue weighted by atomic mass is 10.2. The monoisotopic (exact) mass is 326 g/mol. The Morgan fingerprint density at radius 2 is 1.78 bits per heavy atom. The number of aromatic amines is 2. The molecule has 0 aliphatic carbocycles. The zero-order valence-corrected chi connectivity index (χ0v) is 12.5. The highest BCUT2D eigenvalue weighted by Crippen LogP contribution is 2.30. The molecule has 0 aliphatic heterocycles. The van der Waals surface area contributed by atoms with Gasteiger partial charge in [0, 0.05) is 6.20 Å². The molecule has 0 aliphatic rings. The molecule has 0 fully saturated rings. The number of fused-ring (bicyclic) bond motifs is 3. The minimum Gasteiger partial charge on any atom is -0.345 e. The van der Waals surface area contributed by atoms with Crippen LogP contribution in [0.2, 0.25) is 0 Å². The fourth-order valence-corrected chi connectivity index (χ4v) is 4.02. The molecular formula is C15H10N4O3S. The summed E-state index contributed by atoms with van der Waals surface area (Å²) in [5.74, 6) is 0. The van der Waals surface area contributed by atoms with Crippen molar-refractivity contribution in [1.29, 1.82) is 0 Å². The van der Waals surface area contributed by atoms with E-state index in [9.17, 15) is 13.2 Å². The van der Waals surface area contributed by atoms with Gasteiger partial charge in [0.2, 0.25) is 15.3 Å². The Morgan fingerprint density at radius 1 is 1.00 bits per heavy atom. The quantitative estimate of drug-likeness (QED) is 0.582. The Hall–Kier alpha value is -3.00. The summed E-state index contributed by atoms with van der Waals surface area (Å²) in [6, 6.07) is 8.06. The summed E-state index contributed by atoms with van der Waals surface area (Å²) < 4.78 is 25.8. The van der Waals surface area contributed by atoms with Crippen LogP contribution < -0.4 is 5.43 Å². The van der Waals surface area contributed by atoms with Gasteiger partial charge in [0.05, 0.1) is 38.5 Å². The Bertz CT molecular complexity index is 1190. The molecule has 0 saturated heterocycles. The number of hydrogen-bond donors (Lipinski definition) is 2. The van der Waals surface area contributed by atoms with Crippen LogP contribution >= 0.6 is 0 Å². The summed E-state index contributed by atoms with van der Waals surface area (Å²) >= 11 is 0. The first-order chi connectivity index (χ1) is 11.1. The minimum atomic E-state index is -3.77. The average molecular weight is 326 g/mol. The summed E-state index contributed by atoms with van der Waals surface area (Å²) in [4.78, 5) is 19.3. The molecule has 0 spiro atoms. The van der Waals surface area contributed by atoms with Crippen molar-refractivity contribution in [3.63, 3.8) is 0 Å². The van der Waals surface area contributed by atoms with Gasteiger partial charge in [-0.2, -0.15) is 5.10 Å². The van der Waals surface area contributed by atoms with E-state index in [4.69, 9.17) is 0 Å². The van der Waals surface area contributed by atoms with Crippen LogP contribution in [0, 0.1) is 0 Å². The van der Waals surface area contributed by atoms with Crippen LogP contribution in [0.3, 0.4) is 0 Å². The third-order valence-electron chi connectivity index (χ3n) is 3.62. The van der Waals surface area contributed by atoms with Gasteiger partial charge in [0.15, 0.2) is 0 Å². The number of H-pyrrole nitrogens is 2. The summed E-state index contributed by atoms with van der Waals surface area (Å²) in [5, 5.41) is 6.91. The van der Waals surface area contributed by atoms with Gasteiger partial charge in [-0.25, -0.2) is 13.4 Å². The number of sulfone groups is 1. The lowest BCUT2D eigenvalue weighted by molar-refractivity contribution is 0.597. The molecule has 0 bridgehead atoms. The molecule has 8 heteroatoms. The fourth-order valence-electron chi connectivity index (χ4n) is 2.57. The predicted molar refractivity (Wildman–Crippen MR) is 83.9 cm³/mol. The summed E-state index contributed by atoms with van der Waals surface area (Å²) in [6.45, 7) is 0. The smallest absolute Gasteiger partial charge is 0.208 e. The van der Waals surface area contributed by atoms with Gasteiger partial charge in [-0.05, 0) is 12.1 Å². The lowest BCUT2D eigenvalue weighted by Crippen LogP contribution is -2.06. The number of nitrogens with one attached hydrogen (secondary N) is 2. The van der Waals surface area contributed by atoms with E-state index in [1.165, 1.54) is 24.5 Å². The molecule has 4 rings (SSSR count). The van der Waals surface area contributed by atoms with Crippen LogP contribution in [-0.4, -0.2) is 28.6 Å². The van der Waals surface area contributed by atoms with E-state index in [0.717, 1.165) is 6.20 Å². The highest BCUT2D eigenvalue weighted by Gasteiger charge is 2.24. The van der Waals surface area contributed by atoms with Crippen LogP contribution in [0.4, 0.5) is 0 Å². The second-order valence-electron chi connectivity index (χ2n) is 4.97. The molecule has 114 valence electrons. The molecular weight excluding hydrogens is 316 g/mol. The van der Waals surface area contributed by atoms with Crippen LogP contribution in [-0.2, 0) is 9.84 Å².